The molecule has 26 heavy (non-hydrogen) atoms. The Morgan fingerprint density at radius 2 is 1.54 bits per heavy atom. The van der Waals surface area contributed by atoms with E-state index in [4.69, 9.17) is 0 Å². The summed E-state index contributed by atoms with van der Waals surface area (Å²) in [5.74, 6) is -0.297. The van der Waals surface area contributed by atoms with Crippen LogP contribution < -0.4 is 16.0 Å². The van der Waals surface area contributed by atoms with Crippen LogP contribution in [0.4, 0.5) is 17.1 Å². The Hall–Kier alpha value is -3.12. The number of thiophene rings is 1. The first kappa shape index (κ1) is 17.7. The highest BCUT2D eigenvalue weighted by Crippen LogP contribution is 2.18. The van der Waals surface area contributed by atoms with Gasteiger partial charge in [-0.05, 0) is 47.8 Å². The first-order valence-electron chi connectivity index (χ1n) is 8.23. The second-order valence-corrected chi connectivity index (χ2v) is 6.41. The predicted molar refractivity (Wildman–Crippen MR) is 106 cm³/mol. The molecular weight excluding hydrogens is 346 g/mol. The lowest BCUT2D eigenvalue weighted by Crippen LogP contribution is -2.27. The molecule has 5 nitrogen and oxygen atoms in total. The molecule has 0 unspecified atom stereocenters. The van der Waals surface area contributed by atoms with Crippen LogP contribution in [0.1, 0.15) is 16.8 Å². The Labute approximate surface area is 156 Å². The highest BCUT2D eigenvalue weighted by atomic mass is 32.1. The molecule has 0 spiro atoms. The van der Waals surface area contributed by atoms with E-state index in [1.54, 1.807) is 11.4 Å². The van der Waals surface area contributed by atoms with Crippen LogP contribution in [0.3, 0.4) is 0 Å². The molecule has 1 heterocycles. The Kier molecular flexibility index (Phi) is 6.01. The summed E-state index contributed by atoms with van der Waals surface area (Å²) in [7, 11) is 0. The normalized spacial score (nSPS) is 10.2. The summed E-state index contributed by atoms with van der Waals surface area (Å²) in [6.07, 6.45) is 0.222. The number of para-hydroxylation sites is 1. The quantitative estimate of drug-likeness (QED) is 0.586. The van der Waals surface area contributed by atoms with Crippen molar-refractivity contribution in [3.8, 4) is 0 Å². The summed E-state index contributed by atoms with van der Waals surface area (Å²) < 4.78 is 0. The van der Waals surface area contributed by atoms with Crippen molar-refractivity contribution in [2.45, 2.75) is 6.42 Å². The third-order valence-electron chi connectivity index (χ3n) is 3.65. The SMILES string of the molecule is O=C(CCNC(=O)c1ccsc1)Nc1ccc(Nc2ccccc2)cc1. The second-order valence-electron chi connectivity index (χ2n) is 5.63. The average molecular weight is 365 g/mol. The lowest BCUT2D eigenvalue weighted by Gasteiger charge is -2.09. The van der Waals surface area contributed by atoms with Gasteiger partial charge in [0.15, 0.2) is 0 Å². The van der Waals surface area contributed by atoms with Crippen LogP contribution in [0, 0.1) is 0 Å². The molecule has 0 saturated heterocycles. The van der Waals surface area contributed by atoms with Gasteiger partial charge in [-0.15, -0.1) is 0 Å². The van der Waals surface area contributed by atoms with Crippen molar-refractivity contribution in [3.05, 3.63) is 77.0 Å². The zero-order chi connectivity index (χ0) is 18.2. The number of amides is 2. The molecule has 0 atom stereocenters. The van der Waals surface area contributed by atoms with E-state index in [2.05, 4.69) is 16.0 Å². The van der Waals surface area contributed by atoms with Crippen LogP contribution >= 0.6 is 11.3 Å². The maximum Gasteiger partial charge on any atom is 0.252 e. The third-order valence-corrected chi connectivity index (χ3v) is 4.34. The molecule has 0 aliphatic heterocycles. The van der Waals surface area contributed by atoms with Gasteiger partial charge in [0.1, 0.15) is 0 Å². The zero-order valence-electron chi connectivity index (χ0n) is 14.1. The van der Waals surface area contributed by atoms with E-state index in [0.29, 0.717) is 12.1 Å². The number of benzene rings is 2. The summed E-state index contributed by atoms with van der Waals surface area (Å²) in [5.41, 5.74) is 3.29. The van der Waals surface area contributed by atoms with Gasteiger partial charge < -0.3 is 16.0 Å². The topological polar surface area (TPSA) is 70.2 Å². The second kappa shape index (κ2) is 8.82. The van der Waals surface area contributed by atoms with Gasteiger partial charge in [0.05, 0.1) is 0 Å². The molecule has 0 saturated carbocycles. The van der Waals surface area contributed by atoms with Crippen molar-refractivity contribution in [2.75, 3.05) is 17.2 Å². The van der Waals surface area contributed by atoms with Crippen LogP contribution in [0.2, 0.25) is 0 Å². The first-order chi connectivity index (χ1) is 12.7. The molecule has 3 N–H and O–H groups in total. The van der Waals surface area contributed by atoms with Gasteiger partial charge in [0.2, 0.25) is 5.91 Å². The van der Waals surface area contributed by atoms with Crippen molar-refractivity contribution in [1.29, 1.82) is 0 Å². The summed E-state index contributed by atoms with van der Waals surface area (Å²) >= 11 is 1.47. The van der Waals surface area contributed by atoms with Crippen molar-refractivity contribution in [3.63, 3.8) is 0 Å². The number of rotatable bonds is 7. The number of anilines is 3. The number of hydrogen-bond donors (Lipinski definition) is 3. The van der Waals surface area contributed by atoms with Gasteiger partial charge >= 0.3 is 0 Å². The maximum atomic E-state index is 12.0. The molecule has 0 aliphatic carbocycles. The van der Waals surface area contributed by atoms with E-state index < -0.39 is 0 Å². The lowest BCUT2D eigenvalue weighted by molar-refractivity contribution is -0.116. The Bertz CT molecular complexity index is 847. The largest absolute Gasteiger partial charge is 0.356 e. The summed E-state index contributed by atoms with van der Waals surface area (Å²) in [6.45, 7) is 0.300. The van der Waals surface area contributed by atoms with E-state index in [1.807, 2.05) is 60.0 Å². The summed E-state index contributed by atoms with van der Waals surface area (Å²) in [4.78, 5) is 23.8. The molecule has 3 rings (SSSR count). The summed E-state index contributed by atoms with van der Waals surface area (Å²) in [5, 5.41) is 12.5. The van der Waals surface area contributed by atoms with E-state index in [9.17, 15) is 9.59 Å². The minimum Gasteiger partial charge on any atom is -0.356 e. The number of nitrogens with one attached hydrogen (secondary N) is 3. The monoisotopic (exact) mass is 365 g/mol. The number of carbonyl (C=O) groups excluding carboxylic acids is 2. The Balaban J connectivity index is 1.43. The molecule has 0 fully saturated rings. The standard InChI is InChI=1S/C20H19N3O2S/c24-19(10-12-21-20(25)15-11-13-26-14-15)23-18-8-6-17(7-9-18)22-16-4-2-1-3-5-16/h1-9,11,13-14,22H,10,12H2,(H,21,25)(H,23,24). The molecule has 132 valence electrons. The molecule has 6 heteroatoms. The van der Waals surface area contributed by atoms with Gasteiger partial charge in [0.25, 0.3) is 5.91 Å². The average Bonchev–Trinajstić information content (AvgIpc) is 3.19. The van der Waals surface area contributed by atoms with Crippen molar-refractivity contribution in [2.24, 2.45) is 0 Å². The number of carbonyl (C=O) groups is 2. The fourth-order valence-electron chi connectivity index (χ4n) is 2.33. The fourth-order valence-corrected chi connectivity index (χ4v) is 2.97. The van der Waals surface area contributed by atoms with E-state index in [1.165, 1.54) is 11.3 Å². The smallest absolute Gasteiger partial charge is 0.252 e. The molecular formula is C20H19N3O2S. The Morgan fingerprint density at radius 1 is 0.846 bits per heavy atom. The van der Waals surface area contributed by atoms with Crippen LogP contribution in [0.25, 0.3) is 0 Å². The van der Waals surface area contributed by atoms with E-state index >= 15 is 0 Å². The minimum absolute atomic E-state index is 0.139. The zero-order valence-corrected chi connectivity index (χ0v) is 14.9. The van der Waals surface area contributed by atoms with E-state index in [-0.39, 0.29) is 18.2 Å². The van der Waals surface area contributed by atoms with Crippen LogP contribution in [0.5, 0.6) is 0 Å². The van der Waals surface area contributed by atoms with Gasteiger partial charge in [-0.1, -0.05) is 18.2 Å². The predicted octanol–water partition coefficient (Wildman–Crippen LogP) is 4.25. The van der Waals surface area contributed by atoms with Crippen molar-refractivity contribution < 1.29 is 9.59 Å². The molecule has 2 amide bonds. The highest BCUT2D eigenvalue weighted by molar-refractivity contribution is 7.08. The van der Waals surface area contributed by atoms with Crippen LogP contribution in [-0.2, 0) is 4.79 Å². The molecule has 1 aromatic heterocycles. The molecule has 2 aromatic carbocycles. The number of hydrogen-bond acceptors (Lipinski definition) is 4. The maximum absolute atomic E-state index is 12.0. The fraction of sp³-hybridized carbons (Fsp3) is 0.100. The van der Waals surface area contributed by atoms with Gasteiger partial charge in [0, 0.05) is 41.0 Å². The molecule has 0 bridgehead atoms. The van der Waals surface area contributed by atoms with Gasteiger partial charge in [-0.25, -0.2) is 0 Å². The molecule has 0 radical (unpaired) electrons. The molecule has 0 aliphatic rings. The minimum atomic E-state index is -0.157. The summed E-state index contributed by atoms with van der Waals surface area (Å²) in [6, 6.07) is 19.1. The van der Waals surface area contributed by atoms with Crippen LogP contribution in [0.15, 0.2) is 71.4 Å². The lowest BCUT2D eigenvalue weighted by atomic mass is 10.2. The highest BCUT2D eigenvalue weighted by Gasteiger charge is 2.07. The third kappa shape index (κ3) is 5.19. The Morgan fingerprint density at radius 3 is 2.23 bits per heavy atom. The van der Waals surface area contributed by atoms with Crippen molar-refractivity contribution in [1.82, 2.24) is 5.32 Å². The van der Waals surface area contributed by atoms with Crippen LogP contribution in [-0.4, -0.2) is 18.4 Å². The van der Waals surface area contributed by atoms with Crippen molar-refractivity contribution >= 4 is 40.2 Å². The van der Waals surface area contributed by atoms with Gasteiger partial charge in [-0.3, -0.25) is 9.59 Å². The van der Waals surface area contributed by atoms with E-state index in [0.717, 1.165) is 17.1 Å². The van der Waals surface area contributed by atoms with Gasteiger partial charge in [-0.2, -0.15) is 11.3 Å². The molecule has 3 aromatic rings. The first-order valence-corrected chi connectivity index (χ1v) is 9.17.